The van der Waals surface area contributed by atoms with E-state index < -0.39 is 0 Å². The monoisotopic (exact) mass is 255 g/mol. The Labute approximate surface area is 114 Å². The van der Waals surface area contributed by atoms with Gasteiger partial charge in [0, 0.05) is 24.3 Å². The average Bonchev–Trinajstić information content (AvgIpc) is 2.43. The Morgan fingerprint density at radius 1 is 1.21 bits per heavy atom. The highest BCUT2D eigenvalue weighted by atomic mass is 16.1. The standard InChI is InChI=1S/C17H21NO/c1-18-9-8-17-7-6-13(19)11-15(17)16(18)10-12-4-2-3-5-14(12)17/h2-5,15-16H,6-11H2,1H3/t15-,16+,17-/m0/s1. The molecule has 0 unspecified atom stereocenters. The van der Waals surface area contributed by atoms with Crippen molar-refractivity contribution in [3.63, 3.8) is 0 Å². The Balaban J connectivity index is 1.89. The van der Waals surface area contributed by atoms with Crippen molar-refractivity contribution in [1.82, 2.24) is 4.90 Å². The van der Waals surface area contributed by atoms with Gasteiger partial charge in [-0.3, -0.25) is 4.79 Å². The Hall–Kier alpha value is -1.15. The van der Waals surface area contributed by atoms with Crippen molar-refractivity contribution < 1.29 is 4.79 Å². The Bertz CT molecular complexity index is 538. The fourth-order valence-corrected chi connectivity index (χ4v) is 4.93. The topological polar surface area (TPSA) is 20.3 Å². The van der Waals surface area contributed by atoms with E-state index in [0.717, 1.165) is 25.7 Å². The van der Waals surface area contributed by atoms with Gasteiger partial charge in [-0.25, -0.2) is 0 Å². The Morgan fingerprint density at radius 2 is 2.05 bits per heavy atom. The van der Waals surface area contributed by atoms with E-state index in [4.69, 9.17) is 0 Å². The molecule has 1 aliphatic heterocycles. The van der Waals surface area contributed by atoms with Crippen LogP contribution in [0.25, 0.3) is 0 Å². The third-order valence-corrected chi connectivity index (χ3v) is 5.93. The lowest BCUT2D eigenvalue weighted by Crippen LogP contribution is -2.60. The highest BCUT2D eigenvalue weighted by Crippen LogP contribution is 2.54. The Morgan fingerprint density at radius 3 is 2.95 bits per heavy atom. The molecular formula is C17H21NO. The number of Topliss-reactive ketones (excluding diaryl/α,β-unsaturated/α-hetero) is 1. The summed E-state index contributed by atoms with van der Waals surface area (Å²) >= 11 is 0. The molecule has 19 heavy (non-hydrogen) atoms. The summed E-state index contributed by atoms with van der Waals surface area (Å²) in [5, 5.41) is 0. The quantitative estimate of drug-likeness (QED) is 0.710. The van der Waals surface area contributed by atoms with Crippen LogP contribution in [0.4, 0.5) is 0 Å². The highest BCUT2D eigenvalue weighted by Gasteiger charge is 2.54. The molecule has 1 saturated carbocycles. The molecule has 3 aliphatic rings. The van der Waals surface area contributed by atoms with Crippen LogP contribution in [0, 0.1) is 5.92 Å². The third-order valence-electron chi connectivity index (χ3n) is 5.93. The molecule has 1 saturated heterocycles. The zero-order valence-corrected chi connectivity index (χ0v) is 11.6. The number of carbonyl (C=O) groups is 1. The molecule has 0 amide bonds. The fraction of sp³-hybridized carbons (Fsp3) is 0.588. The minimum atomic E-state index is 0.305. The normalized spacial score (nSPS) is 37.6. The van der Waals surface area contributed by atoms with Crippen molar-refractivity contribution in [2.45, 2.75) is 43.6 Å². The first kappa shape index (κ1) is 11.7. The number of ketones is 1. The zero-order chi connectivity index (χ0) is 13.0. The van der Waals surface area contributed by atoms with Crippen LogP contribution in [0.1, 0.15) is 36.8 Å². The van der Waals surface area contributed by atoms with Crippen molar-refractivity contribution in [1.29, 1.82) is 0 Å². The molecule has 100 valence electrons. The van der Waals surface area contributed by atoms with Gasteiger partial charge in [-0.1, -0.05) is 24.3 Å². The minimum absolute atomic E-state index is 0.305. The van der Waals surface area contributed by atoms with Gasteiger partial charge in [-0.2, -0.15) is 0 Å². The van der Waals surface area contributed by atoms with Gasteiger partial charge in [0.05, 0.1) is 0 Å². The molecule has 0 aromatic heterocycles. The largest absolute Gasteiger partial charge is 0.303 e. The van der Waals surface area contributed by atoms with E-state index in [1.54, 1.807) is 5.56 Å². The van der Waals surface area contributed by atoms with Gasteiger partial charge in [0.15, 0.2) is 0 Å². The van der Waals surface area contributed by atoms with Gasteiger partial charge >= 0.3 is 0 Å². The van der Waals surface area contributed by atoms with Crippen LogP contribution < -0.4 is 0 Å². The molecule has 1 heterocycles. The Kier molecular flexibility index (Phi) is 2.41. The molecular weight excluding hydrogens is 234 g/mol. The van der Waals surface area contributed by atoms with Crippen LogP contribution in [-0.2, 0) is 16.6 Å². The molecule has 1 aromatic carbocycles. The lowest BCUT2D eigenvalue weighted by atomic mass is 9.52. The summed E-state index contributed by atoms with van der Waals surface area (Å²) in [6.45, 7) is 1.18. The SMILES string of the molecule is CN1CC[C@]23CCC(=O)C[C@H]2[C@H]1Cc1ccccc13. The molecule has 2 bridgehead atoms. The summed E-state index contributed by atoms with van der Waals surface area (Å²) in [4.78, 5) is 14.4. The van der Waals surface area contributed by atoms with Crippen LogP contribution in [-0.4, -0.2) is 30.3 Å². The molecule has 2 fully saturated rings. The summed E-state index contributed by atoms with van der Waals surface area (Å²) in [6.07, 6.45) is 5.05. The lowest BCUT2D eigenvalue weighted by molar-refractivity contribution is -0.127. The number of hydrogen-bond donors (Lipinski definition) is 0. The number of fused-ring (bicyclic) bond motifs is 1. The van der Waals surface area contributed by atoms with Crippen molar-refractivity contribution in [3.05, 3.63) is 35.4 Å². The maximum absolute atomic E-state index is 11.9. The predicted molar refractivity (Wildman–Crippen MR) is 75.2 cm³/mol. The fourth-order valence-electron chi connectivity index (χ4n) is 4.93. The first-order chi connectivity index (χ1) is 9.21. The van der Waals surface area contributed by atoms with Gasteiger partial charge < -0.3 is 4.90 Å². The van der Waals surface area contributed by atoms with E-state index >= 15 is 0 Å². The summed E-state index contributed by atoms with van der Waals surface area (Å²) in [7, 11) is 2.24. The van der Waals surface area contributed by atoms with E-state index in [2.05, 4.69) is 36.2 Å². The van der Waals surface area contributed by atoms with Crippen LogP contribution in [0.2, 0.25) is 0 Å². The van der Waals surface area contributed by atoms with Crippen LogP contribution >= 0.6 is 0 Å². The number of carbonyl (C=O) groups excluding carboxylic acids is 1. The molecule has 2 heteroatoms. The maximum Gasteiger partial charge on any atom is 0.133 e. The number of likely N-dealkylation sites (N-methyl/N-ethyl adjacent to an activating group) is 1. The molecule has 3 atom stereocenters. The van der Waals surface area contributed by atoms with Crippen molar-refractivity contribution in [2.24, 2.45) is 5.92 Å². The van der Waals surface area contributed by atoms with Gasteiger partial charge in [0.2, 0.25) is 0 Å². The maximum atomic E-state index is 11.9. The molecule has 1 aromatic rings. The van der Waals surface area contributed by atoms with E-state index in [1.165, 1.54) is 18.5 Å². The van der Waals surface area contributed by atoms with Crippen LogP contribution in [0.3, 0.4) is 0 Å². The minimum Gasteiger partial charge on any atom is -0.303 e. The molecule has 2 nitrogen and oxygen atoms in total. The molecule has 2 aliphatic carbocycles. The lowest BCUT2D eigenvalue weighted by Gasteiger charge is -2.58. The average molecular weight is 255 g/mol. The van der Waals surface area contributed by atoms with E-state index in [9.17, 15) is 4.79 Å². The number of rotatable bonds is 0. The summed E-state index contributed by atoms with van der Waals surface area (Å²) in [5.74, 6) is 1.04. The van der Waals surface area contributed by atoms with Crippen molar-refractivity contribution >= 4 is 5.78 Å². The van der Waals surface area contributed by atoms with Gasteiger partial charge in [0.1, 0.15) is 5.78 Å². The molecule has 0 radical (unpaired) electrons. The first-order valence-corrected chi connectivity index (χ1v) is 7.51. The molecule has 0 N–H and O–H groups in total. The number of piperidine rings is 1. The first-order valence-electron chi connectivity index (χ1n) is 7.51. The van der Waals surface area contributed by atoms with Crippen molar-refractivity contribution in [3.8, 4) is 0 Å². The number of benzene rings is 1. The van der Waals surface area contributed by atoms with Crippen LogP contribution in [0.5, 0.6) is 0 Å². The second kappa shape index (κ2) is 3.92. The van der Waals surface area contributed by atoms with Gasteiger partial charge in [-0.05, 0) is 49.9 Å². The molecule has 0 spiro atoms. The van der Waals surface area contributed by atoms with Crippen LogP contribution in [0.15, 0.2) is 24.3 Å². The van der Waals surface area contributed by atoms with E-state index in [1.807, 2.05) is 0 Å². The predicted octanol–water partition coefficient (Wildman–Crippen LogP) is 2.55. The smallest absolute Gasteiger partial charge is 0.133 e. The number of likely N-dealkylation sites (tertiary alicyclic amines) is 1. The van der Waals surface area contributed by atoms with E-state index in [0.29, 0.717) is 23.2 Å². The summed E-state index contributed by atoms with van der Waals surface area (Å²) < 4.78 is 0. The second-order valence-electron chi connectivity index (χ2n) is 6.66. The second-order valence-corrected chi connectivity index (χ2v) is 6.66. The number of hydrogen-bond acceptors (Lipinski definition) is 2. The summed E-state index contributed by atoms with van der Waals surface area (Å²) in [6, 6.07) is 9.56. The van der Waals surface area contributed by atoms with Crippen molar-refractivity contribution in [2.75, 3.05) is 13.6 Å². The van der Waals surface area contributed by atoms with Gasteiger partial charge in [0.25, 0.3) is 0 Å². The van der Waals surface area contributed by atoms with E-state index in [-0.39, 0.29) is 0 Å². The molecule has 4 rings (SSSR count). The third kappa shape index (κ3) is 1.50. The highest BCUT2D eigenvalue weighted by molar-refractivity contribution is 5.80. The number of nitrogens with zero attached hydrogens (tertiary/aromatic N) is 1. The zero-order valence-electron chi connectivity index (χ0n) is 11.6. The summed E-state index contributed by atoms with van der Waals surface area (Å²) in [5.41, 5.74) is 3.40. The van der Waals surface area contributed by atoms with Gasteiger partial charge in [-0.15, -0.1) is 0 Å².